The van der Waals surface area contributed by atoms with Gasteiger partial charge >= 0.3 is 0 Å². The first-order valence-electron chi connectivity index (χ1n) is 9.74. The molecule has 1 unspecified atom stereocenters. The number of phenols is 1. The molecule has 4 rings (SSSR count). The maximum atomic E-state index is 13.4. The molecule has 1 atom stereocenters. The topological polar surface area (TPSA) is 53.4 Å². The number of hydrogen-bond acceptors (Lipinski definition) is 3. The van der Waals surface area contributed by atoms with Crippen LogP contribution in [0.4, 0.5) is 0 Å². The first-order chi connectivity index (χ1) is 13.6. The van der Waals surface area contributed by atoms with Crippen LogP contribution in [-0.2, 0) is 0 Å². The van der Waals surface area contributed by atoms with Gasteiger partial charge in [-0.2, -0.15) is 0 Å². The second-order valence-electron chi connectivity index (χ2n) is 7.40. The number of pyridine rings is 1. The van der Waals surface area contributed by atoms with E-state index in [0.29, 0.717) is 5.56 Å². The maximum Gasteiger partial charge on any atom is 0.254 e. The normalized spacial score (nSPS) is 16.8. The second kappa shape index (κ2) is 7.85. The van der Waals surface area contributed by atoms with Crippen molar-refractivity contribution >= 4 is 5.91 Å². The molecule has 3 aromatic rings. The Hall–Kier alpha value is -3.14. The molecule has 28 heavy (non-hydrogen) atoms. The van der Waals surface area contributed by atoms with Gasteiger partial charge in [-0.25, -0.2) is 0 Å². The molecule has 4 heteroatoms. The van der Waals surface area contributed by atoms with Crippen molar-refractivity contribution in [3.63, 3.8) is 0 Å². The number of rotatable bonds is 3. The molecule has 0 radical (unpaired) electrons. The predicted molar refractivity (Wildman–Crippen MR) is 110 cm³/mol. The average molecular weight is 372 g/mol. The van der Waals surface area contributed by atoms with Crippen molar-refractivity contribution in [2.45, 2.75) is 32.2 Å². The summed E-state index contributed by atoms with van der Waals surface area (Å²) in [6, 6.07) is 17.1. The lowest BCUT2D eigenvalue weighted by molar-refractivity contribution is 0.0611. The smallest absolute Gasteiger partial charge is 0.254 e. The number of benzene rings is 2. The van der Waals surface area contributed by atoms with Gasteiger partial charge in [-0.15, -0.1) is 0 Å². The van der Waals surface area contributed by atoms with Crippen LogP contribution in [0.25, 0.3) is 11.1 Å². The Balaban J connectivity index is 1.67. The van der Waals surface area contributed by atoms with Crippen LogP contribution < -0.4 is 0 Å². The lowest BCUT2D eigenvalue weighted by Gasteiger charge is -2.36. The number of phenolic OH excluding ortho intramolecular Hbond substituents is 1. The zero-order valence-corrected chi connectivity index (χ0v) is 16.0. The molecule has 1 aromatic heterocycles. The van der Waals surface area contributed by atoms with Crippen molar-refractivity contribution in [1.29, 1.82) is 0 Å². The molecular formula is C24H24N2O2. The molecule has 1 aliphatic rings. The highest BCUT2D eigenvalue weighted by Gasteiger charge is 2.29. The van der Waals surface area contributed by atoms with Crippen LogP contribution in [0, 0.1) is 6.92 Å². The molecule has 1 saturated heterocycles. The Bertz CT molecular complexity index is 985. The molecule has 0 spiro atoms. The van der Waals surface area contributed by atoms with Gasteiger partial charge in [0.25, 0.3) is 5.91 Å². The summed E-state index contributed by atoms with van der Waals surface area (Å²) in [7, 11) is 0. The standard InChI is InChI=1S/C24H24N2O2/c1-17-10-11-23(27)21(14-17)18-6-4-7-19(15-18)24(28)26-13-3-2-9-22(26)20-8-5-12-25-16-20/h4-8,10-12,14-16,22,27H,2-3,9,13H2,1H3. The quantitative estimate of drug-likeness (QED) is 0.693. The summed E-state index contributed by atoms with van der Waals surface area (Å²) in [5.74, 6) is 0.254. The Morgan fingerprint density at radius 1 is 1.11 bits per heavy atom. The van der Waals surface area contributed by atoms with Crippen molar-refractivity contribution in [3.05, 3.63) is 83.7 Å². The molecule has 1 fully saturated rings. The van der Waals surface area contributed by atoms with E-state index in [4.69, 9.17) is 0 Å². The minimum absolute atomic E-state index is 0.0301. The molecule has 1 N–H and O–H groups in total. The number of carbonyl (C=O) groups is 1. The summed E-state index contributed by atoms with van der Waals surface area (Å²) >= 11 is 0. The number of aromatic nitrogens is 1. The molecule has 4 nitrogen and oxygen atoms in total. The Kier molecular flexibility index (Phi) is 5.11. The number of piperidine rings is 1. The first-order valence-corrected chi connectivity index (χ1v) is 9.74. The van der Waals surface area contributed by atoms with Crippen LogP contribution in [0.1, 0.15) is 46.8 Å². The number of carbonyl (C=O) groups excluding carboxylic acids is 1. The van der Waals surface area contributed by atoms with Gasteiger partial charge in [-0.1, -0.05) is 29.8 Å². The van der Waals surface area contributed by atoms with Gasteiger partial charge in [0.1, 0.15) is 5.75 Å². The van der Waals surface area contributed by atoms with Gasteiger partial charge in [0.2, 0.25) is 0 Å². The molecule has 1 aliphatic heterocycles. The predicted octanol–water partition coefficient (Wildman–Crippen LogP) is 5.13. The highest BCUT2D eigenvalue weighted by molar-refractivity contribution is 5.96. The fourth-order valence-corrected chi connectivity index (χ4v) is 3.96. The molecule has 2 aromatic carbocycles. The summed E-state index contributed by atoms with van der Waals surface area (Å²) in [4.78, 5) is 19.6. The fraction of sp³-hybridized carbons (Fsp3) is 0.250. The van der Waals surface area contributed by atoms with Crippen LogP contribution in [0.5, 0.6) is 5.75 Å². The SMILES string of the molecule is Cc1ccc(O)c(-c2cccc(C(=O)N3CCCCC3c3cccnc3)c2)c1. The Labute approximate surface area is 165 Å². The average Bonchev–Trinajstić information content (AvgIpc) is 2.75. The molecule has 142 valence electrons. The van der Waals surface area contributed by atoms with E-state index in [1.807, 2.05) is 66.6 Å². The molecule has 0 bridgehead atoms. The van der Waals surface area contributed by atoms with Crippen LogP contribution in [0.2, 0.25) is 0 Å². The zero-order valence-electron chi connectivity index (χ0n) is 16.0. The van der Waals surface area contributed by atoms with Crippen LogP contribution in [-0.4, -0.2) is 27.4 Å². The van der Waals surface area contributed by atoms with Gasteiger partial charge in [0, 0.05) is 30.1 Å². The van der Waals surface area contributed by atoms with Crippen molar-refractivity contribution in [2.75, 3.05) is 6.54 Å². The second-order valence-corrected chi connectivity index (χ2v) is 7.40. The number of hydrogen-bond donors (Lipinski definition) is 1. The fourth-order valence-electron chi connectivity index (χ4n) is 3.96. The van der Waals surface area contributed by atoms with Crippen LogP contribution >= 0.6 is 0 Å². The summed E-state index contributed by atoms with van der Waals surface area (Å²) < 4.78 is 0. The zero-order chi connectivity index (χ0) is 19.5. The van der Waals surface area contributed by atoms with Gasteiger partial charge < -0.3 is 10.0 Å². The van der Waals surface area contributed by atoms with Gasteiger partial charge in [0.15, 0.2) is 0 Å². The van der Waals surface area contributed by atoms with E-state index in [0.717, 1.165) is 48.1 Å². The molecule has 0 saturated carbocycles. The lowest BCUT2D eigenvalue weighted by Crippen LogP contribution is -2.38. The summed E-state index contributed by atoms with van der Waals surface area (Å²) in [6.45, 7) is 2.74. The van der Waals surface area contributed by atoms with Crippen LogP contribution in [0.3, 0.4) is 0 Å². The van der Waals surface area contributed by atoms with Crippen molar-refractivity contribution in [1.82, 2.24) is 9.88 Å². The third kappa shape index (κ3) is 3.63. The van der Waals surface area contributed by atoms with E-state index >= 15 is 0 Å². The number of amides is 1. The third-order valence-corrected chi connectivity index (χ3v) is 5.41. The summed E-state index contributed by atoms with van der Waals surface area (Å²) in [6.07, 6.45) is 6.70. The Morgan fingerprint density at radius 3 is 2.82 bits per heavy atom. The number of likely N-dealkylation sites (tertiary alicyclic amines) is 1. The van der Waals surface area contributed by atoms with E-state index < -0.39 is 0 Å². The number of aryl methyl sites for hydroxylation is 1. The maximum absolute atomic E-state index is 13.4. The van der Waals surface area contributed by atoms with Crippen molar-refractivity contribution in [3.8, 4) is 16.9 Å². The van der Waals surface area contributed by atoms with E-state index in [1.165, 1.54) is 0 Å². The molecule has 0 aliphatic carbocycles. The van der Waals surface area contributed by atoms with Gasteiger partial charge in [-0.05, 0) is 67.6 Å². The lowest BCUT2D eigenvalue weighted by atomic mass is 9.94. The van der Waals surface area contributed by atoms with E-state index in [9.17, 15) is 9.90 Å². The number of nitrogens with zero attached hydrogens (tertiary/aromatic N) is 2. The van der Waals surface area contributed by atoms with Crippen molar-refractivity contribution in [2.24, 2.45) is 0 Å². The monoisotopic (exact) mass is 372 g/mol. The van der Waals surface area contributed by atoms with E-state index in [2.05, 4.69) is 4.98 Å². The largest absolute Gasteiger partial charge is 0.507 e. The highest BCUT2D eigenvalue weighted by atomic mass is 16.3. The highest BCUT2D eigenvalue weighted by Crippen LogP contribution is 2.34. The van der Waals surface area contributed by atoms with Crippen LogP contribution in [0.15, 0.2) is 67.0 Å². The molecule has 1 amide bonds. The molecule has 2 heterocycles. The molecular weight excluding hydrogens is 348 g/mol. The minimum atomic E-state index is 0.0301. The first kappa shape index (κ1) is 18.2. The van der Waals surface area contributed by atoms with E-state index in [1.54, 1.807) is 12.3 Å². The number of aromatic hydroxyl groups is 1. The summed E-state index contributed by atoms with van der Waals surface area (Å²) in [5.41, 5.74) is 4.40. The van der Waals surface area contributed by atoms with Gasteiger partial charge in [0.05, 0.1) is 6.04 Å². The minimum Gasteiger partial charge on any atom is -0.507 e. The third-order valence-electron chi connectivity index (χ3n) is 5.41. The van der Waals surface area contributed by atoms with E-state index in [-0.39, 0.29) is 17.7 Å². The summed E-state index contributed by atoms with van der Waals surface area (Å²) in [5, 5.41) is 10.3. The van der Waals surface area contributed by atoms with Gasteiger partial charge in [-0.3, -0.25) is 9.78 Å². The Morgan fingerprint density at radius 2 is 2.00 bits per heavy atom. The van der Waals surface area contributed by atoms with Crippen molar-refractivity contribution < 1.29 is 9.90 Å².